The third-order valence-corrected chi connectivity index (χ3v) is 3.98. The lowest BCUT2D eigenvalue weighted by atomic mass is 10.1. The molecule has 0 aliphatic carbocycles. The van der Waals surface area contributed by atoms with Crippen LogP contribution in [-0.4, -0.2) is 10.9 Å². The van der Waals surface area contributed by atoms with Crippen LogP contribution in [0.15, 0.2) is 73.1 Å². The maximum atomic E-state index is 13.6. The number of aromatic nitrogens is 1. The first-order valence-corrected chi connectivity index (χ1v) is 8.63. The summed E-state index contributed by atoms with van der Waals surface area (Å²) < 4.78 is 32.3. The van der Waals surface area contributed by atoms with Gasteiger partial charge in [0.15, 0.2) is 0 Å². The van der Waals surface area contributed by atoms with Gasteiger partial charge < -0.3 is 10.1 Å². The van der Waals surface area contributed by atoms with Crippen LogP contribution in [0.2, 0.25) is 0 Å². The van der Waals surface area contributed by atoms with Crippen molar-refractivity contribution in [3.8, 4) is 11.5 Å². The summed E-state index contributed by atoms with van der Waals surface area (Å²) >= 11 is 0. The number of nitrogens with zero attached hydrogens (tertiary/aromatic N) is 1. The molecular formula is C22H18F2N2O2. The van der Waals surface area contributed by atoms with Crippen molar-refractivity contribution in [2.45, 2.75) is 13.0 Å². The molecule has 1 amide bonds. The number of pyridine rings is 1. The van der Waals surface area contributed by atoms with Crippen molar-refractivity contribution in [3.05, 3.63) is 95.8 Å². The summed E-state index contributed by atoms with van der Waals surface area (Å²) in [5, 5.41) is 2.80. The van der Waals surface area contributed by atoms with E-state index in [0.29, 0.717) is 11.5 Å². The molecule has 0 bridgehead atoms. The maximum Gasteiger partial charge on any atom is 0.244 e. The lowest BCUT2D eigenvalue weighted by Crippen LogP contribution is -2.24. The Kier molecular flexibility index (Phi) is 6.11. The number of ether oxygens (including phenoxy) is 1. The van der Waals surface area contributed by atoms with E-state index in [1.54, 1.807) is 24.5 Å². The largest absolute Gasteiger partial charge is 0.457 e. The number of carbonyl (C=O) groups excluding carboxylic acids is 1. The molecule has 142 valence electrons. The summed E-state index contributed by atoms with van der Waals surface area (Å²) in [6.45, 7) is 1.83. The predicted molar refractivity (Wildman–Crippen MR) is 103 cm³/mol. The van der Waals surface area contributed by atoms with Gasteiger partial charge >= 0.3 is 0 Å². The van der Waals surface area contributed by atoms with E-state index >= 15 is 0 Å². The number of carbonyl (C=O) groups is 1. The van der Waals surface area contributed by atoms with Crippen molar-refractivity contribution in [3.63, 3.8) is 0 Å². The quantitative estimate of drug-likeness (QED) is 0.610. The first-order chi connectivity index (χ1) is 13.5. The van der Waals surface area contributed by atoms with E-state index in [1.165, 1.54) is 18.2 Å². The van der Waals surface area contributed by atoms with Gasteiger partial charge in [-0.25, -0.2) is 8.78 Å². The van der Waals surface area contributed by atoms with Gasteiger partial charge in [-0.1, -0.05) is 12.1 Å². The molecule has 2 aromatic carbocycles. The summed E-state index contributed by atoms with van der Waals surface area (Å²) in [4.78, 5) is 16.1. The molecule has 3 aromatic rings. The van der Waals surface area contributed by atoms with Crippen LogP contribution in [0.3, 0.4) is 0 Å². The van der Waals surface area contributed by atoms with E-state index in [9.17, 15) is 13.6 Å². The van der Waals surface area contributed by atoms with Gasteiger partial charge in [0.05, 0.1) is 6.04 Å². The second-order valence-electron chi connectivity index (χ2n) is 6.09. The third-order valence-electron chi connectivity index (χ3n) is 3.98. The van der Waals surface area contributed by atoms with Gasteiger partial charge in [0.2, 0.25) is 5.91 Å². The average Bonchev–Trinajstić information content (AvgIpc) is 2.68. The topological polar surface area (TPSA) is 51.2 Å². The van der Waals surface area contributed by atoms with Crippen molar-refractivity contribution < 1.29 is 18.3 Å². The van der Waals surface area contributed by atoms with E-state index in [4.69, 9.17) is 4.74 Å². The maximum absolute atomic E-state index is 13.6. The van der Waals surface area contributed by atoms with Crippen LogP contribution < -0.4 is 10.1 Å². The van der Waals surface area contributed by atoms with Crippen LogP contribution in [0, 0.1) is 11.6 Å². The zero-order valence-corrected chi connectivity index (χ0v) is 15.1. The Morgan fingerprint density at radius 1 is 1.07 bits per heavy atom. The summed E-state index contributed by atoms with van der Waals surface area (Å²) in [5.41, 5.74) is 0.984. The Labute approximate surface area is 161 Å². The lowest BCUT2D eigenvalue weighted by Gasteiger charge is -2.14. The number of halogens is 2. The summed E-state index contributed by atoms with van der Waals surface area (Å²) in [6, 6.07) is 13.7. The van der Waals surface area contributed by atoms with E-state index < -0.39 is 17.5 Å². The highest BCUT2D eigenvalue weighted by atomic mass is 19.1. The van der Waals surface area contributed by atoms with E-state index in [2.05, 4.69) is 10.3 Å². The number of benzene rings is 2. The molecule has 0 aliphatic heterocycles. The van der Waals surface area contributed by atoms with Gasteiger partial charge in [-0.05, 0) is 55.0 Å². The molecule has 0 fully saturated rings. The number of hydrogen-bond acceptors (Lipinski definition) is 3. The van der Waals surface area contributed by atoms with Crippen molar-refractivity contribution in [1.82, 2.24) is 10.3 Å². The number of nitrogens with one attached hydrogen (secondary N) is 1. The van der Waals surface area contributed by atoms with Crippen molar-refractivity contribution >= 4 is 12.0 Å². The Balaban J connectivity index is 1.63. The minimum absolute atomic E-state index is 0.136. The third kappa shape index (κ3) is 5.23. The van der Waals surface area contributed by atoms with Gasteiger partial charge in [-0.3, -0.25) is 9.78 Å². The molecule has 0 spiro atoms. The van der Waals surface area contributed by atoms with Gasteiger partial charge in [-0.15, -0.1) is 0 Å². The molecule has 3 rings (SSSR count). The summed E-state index contributed by atoms with van der Waals surface area (Å²) in [6.07, 6.45) is 5.79. The first kappa shape index (κ1) is 19.2. The highest BCUT2D eigenvalue weighted by Crippen LogP contribution is 2.24. The molecule has 0 saturated heterocycles. The van der Waals surface area contributed by atoms with Gasteiger partial charge in [0.1, 0.15) is 23.1 Å². The van der Waals surface area contributed by atoms with Crippen molar-refractivity contribution in [1.29, 1.82) is 0 Å². The molecule has 6 heteroatoms. The lowest BCUT2D eigenvalue weighted by molar-refractivity contribution is -0.117. The Bertz CT molecular complexity index is 991. The molecule has 0 saturated carbocycles. The zero-order valence-electron chi connectivity index (χ0n) is 15.1. The molecule has 4 nitrogen and oxygen atoms in total. The number of rotatable bonds is 6. The zero-order chi connectivity index (χ0) is 19.9. The van der Waals surface area contributed by atoms with Crippen LogP contribution in [-0.2, 0) is 4.79 Å². The van der Waals surface area contributed by atoms with Gasteiger partial charge in [0, 0.05) is 30.1 Å². The highest BCUT2D eigenvalue weighted by Gasteiger charge is 2.09. The molecule has 0 aliphatic rings. The minimum atomic E-state index is -0.724. The fourth-order valence-electron chi connectivity index (χ4n) is 2.54. The fourth-order valence-corrected chi connectivity index (χ4v) is 2.54. The normalized spacial score (nSPS) is 12.0. The minimum Gasteiger partial charge on any atom is -0.457 e. The van der Waals surface area contributed by atoms with Crippen LogP contribution in [0.5, 0.6) is 11.5 Å². The molecule has 0 unspecified atom stereocenters. The van der Waals surface area contributed by atoms with Crippen LogP contribution >= 0.6 is 0 Å². The van der Waals surface area contributed by atoms with Gasteiger partial charge in [0.25, 0.3) is 0 Å². The Hall–Kier alpha value is -3.54. The van der Waals surface area contributed by atoms with E-state index in [0.717, 1.165) is 17.7 Å². The average molecular weight is 380 g/mol. The smallest absolute Gasteiger partial charge is 0.244 e. The monoisotopic (exact) mass is 380 g/mol. The van der Waals surface area contributed by atoms with Crippen LogP contribution in [0.4, 0.5) is 8.78 Å². The Morgan fingerprint density at radius 3 is 2.61 bits per heavy atom. The Morgan fingerprint density at radius 2 is 1.86 bits per heavy atom. The molecule has 1 N–H and O–H groups in total. The van der Waals surface area contributed by atoms with Crippen LogP contribution in [0.1, 0.15) is 24.1 Å². The number of hydrogen-bond donors (Lipinski definition) is 1. The highest BCUT2D eigenvalue weighted by molar-refractivity contribution is 5.92. The summed E-state index contributed by atoms with van der Waals surface area (Å²) in [7, 11) is 0. The van der Waals surface area contributed by atoms with Crippen LogP contribution in [0.25, 0.3) is 6.08 Å². The second kappa shape index (κ2) is 8.90. The van der Waals surface area contributed by atoms with E-state index in [-0.39, 0.29) is 11.6 Å². The predicted octanol–water partition coefficient (Wildman–Crippen LogP) is 5.04. The first-order valence-electron chi connectivity index (χ1n) is 8.63. The van der Waals surface area contributed by atoms with Crippen molar-refractivity contribution in [2.24, 2.45) is 0 Å². The number of amides is 1. The summed E-state index contributed by atoms with van der Waals surface area (Å²) in [5.74, 6) is -0.488. The molecule has 1 heterocycles. The molecule has 0 radical (unpaired) electrons. The van der Waals surface area contributed by atoms with E-state index in [1.807, 2.05) is 31.2 Å². The van der Waals surface area contributed by atoms with Gasteiger partial charge in [-0.2, -0.15) is 0 Å². The molecule has 1 aromatic heterocycles. The SMILES string of the molecule is C[C@H](NC(=O)/C=C/c1ccc(F)cc1F)c1cccc(Oc2ccncc2)c1. The van der Waals surface area contributed by atoms with Crippen molar-refractivity contribution in [2.75, 3.05) is 0 Å². The standard InChI is InChI=1S/C22H18F2N2O2/c1-15(26-22(27)8-6-16-5-7-18(23)14-21(16)24)17-3-2-4-20(13-17)28-19-9-11-25-12-10-19/h2-15H,1H3,(H,26,27)/b8-6+/t15-/m0/s1. The molecular weight excluding hydrogens is 362 g/mol. The molecule has 28 heavy (non-hydrogen) atoms. The second-order valence-corrected chi connectivity index (χ2v) is 6.09. The fraction of sp³-hybridized carbons (Fsp3) is 0.0909. The molecule has 1 atom stereocenters.